The maximum atomic E-state index is 12.2. The van der Waals surface area contributed by atoms with Gasteiger partial charge in [-0.1, -0.05) is 29.8 Å². The van der Waals surface area contributed by atoms with Crippen LogP contribution in [0.15, 0.2) is 42.6 Å². The van der Waals surface area contributed by atoms with E-state index in [1.807, 2.05) is 12.1 Å². The highest BCUT2D eigenvalue weighted by Crippen LogP contribution is 2.18. The summed E-state index contributed by atoms with van der Waals surface area (Å²) in [5.41, 5.74) is 3.41. The molecule has 0 aliphatic carbocycles. The molecule has 126 valence electrons. The summed E-state index contributed by atoms with van der Waals surface area (Å²) in [7, 11) is 0. The number of rotatable bonds is 5. The van der Waals surface area contributed by atoms with E-state index in [0.717, 1.165) is 25.1 Å². The molecule has 1 aliphatic heterocycles. The molecule has 0 atom stereocenters. The fourth-order valence-corrected chi connectivity index (χ4v) is 2.79. The Kier molecular flexibility index (Phi) is 5.43. The van der Waals surface area contributed by atoms with Crippen molar-refractivity contribution in [2.45, 2.75) is 26.3 Å². The van der Waals surface area contributed by atoms with Crippen molar-refractivity contribution in [1.82, 2.24) is 4.98 Å². The predicted molar refractivity (Wildman–Crippen MR) is 94.9 cm³/mol. The number of amides is 1. The van der Waals surface area contributed by atoms with Crippen molar-refractivity contribution in [2.24, 2.45) is 5.92 Å². The van der Waals surface area contributed by atoms with Crippen molar-refractivity contribution in [1.29, 1.82) is 0 Å². The number of hydrogen-bond donors (Lipinski definition) is 2. The number of aryl methyl sites for hydroxylation is 1. The van der Waals surface area contributed by atoms with Gasteiger partial charge < -0.3 is 15.4 Å². The van der Waals surface area contributed by atoms with E-state index >= 15 is 0 Å². The Balaban J connectivity index is 1.52. The number of pyridine rings is 1. The first-order chi connectivity index (χ1) is 11.7. The van der Waals surface area contributed by atoms with Gasteiger partial charge in [0.25, 0.3) is 0 Å². The Hall–Kier alpha value is -2.40. The SMILES string of the molecule is Cc1cccc(CNc2ccc(NC(=O)C3CCOCC3)nc2)c1. The van der Waals surface area contributed by atoms with E-state index < -0.39 is 0 Å². The Morgan fingerprint density at radius 3 is 2.79 bits per heavy atom. The summed E-state index contributed by atoms with van der Waals surface area (Å²) >= 11 is 0. The Morgan fingerprint density at radius 1 is 1.25 bits per heavy atom. The molecule has 0 bridgehead atoms. The maximum absolute atomic E-state index is 12.2. The lowest BCUT2D eigenvalue weighted by Crippen LogP contribution is -2.28. The fourth-order valence-electron chi connectivity index (χ4n) is 2.79. The standard InChI is InChI=1S/C19H23N3O2/c1-14-3-2-4-15(11-14)12-20-17-5-6-18(21-13-17)22-19(23)16-7-9-24-10-8-16/h2-6,11,13,16,20H,7-10,12H2,1H3,(H,21,22,23). The zero-order chi connectivity index (χ0) is 16.8. The second-order valence-corrected chi connectivity index (χ2v) is 6.15. The van der Waals surface area contributed by atoms with Crippen LogP contribution < -0.4 is 10.6 Å². The van der Waals surface area contributed by atoms with Crippen molar-refractivity contribution in [3.05, 3.63) is 53.7 Å². The number of nitrogens with one attached hydrogen (secondary N) is 2. The number of carbonyl (C=O) groups is 1. The van der Waals surface area contributed by atoms with Gasteiger partial charge >= 0.3 is 0 Å². The number of aromatic nitrogens is 1. The molecule has 1 saturated heterocycles. The molecule has 24 heavy (non-hydrogen) atoms. The second kappa shape index (κ2) is 7.93. The van der Waals surface area contributed by atoms with Crippen LogP contribution in [0.1, 0.15) is 24.0 Å². The topological polar surface area (TPSA) is 63.2 Å². The smallest absolute Gasteiger partial charge is 0.228 e. The number of nitrogens with zero attached hydrogens (tertiary/aromatic N) is 1. The molecule has 2 heterocycles. The maximum Gasteiger partial charge on any atom is 0.228 e. The summed E-state index contributed by atoms with van der Waals surface area (Å²) < 4.78 is 5.28. The van der Waals surface area contributed by atoms with Crippen molar-refractivity contribution in [3.8, 4) is 0 Å². The summed E-state index contributed by atoms with van der Waals surface area (Å²) in [5.74, 6) is 0.651. The quantitative estimate of drug-likeness (QED) is 0.885. The van der Waals surface area contributed by atoms with Crippen molar-refractivity contribution < 1.29 is 9.53 Å². The molecule has 5 heteroatoms. The number of ether oxygens (including phenoxy) is 1. The molecular formula is C19H23N3O2. The number of hydrogen-bond acceptors (Lipinski definition) is 4. The largest absolute Gasteiger partial charge is 0.381 e. The molecule has 0 unspecified atom stereocenters. The molecule has 1 aromatic carbocycles. The van der Waals surface area contributed by atoms with Gasteiger partial charge in [-0.05, 0) is 37.5 Å². The zero-order valence-corrected chi connectivity index (χ0v) is 13.9. The number of benzene rings is 1. The Morgan fingerprint density at radius 2 is 2.08 bits per heavy atom. The van der Waals surface area contributed by atoms with Gasteiger partial charge in [0.15, 0.2) is 0 Å². The molecule has 5 nitrogen and oxygen atoms in total. The highest BCUT2D eigenvalue weighted by Gasteiger charge is 2.21. The second-order valence-electron chi connectivity index (χ2n) is 6.15. The van der Waals surface area contributed by atoms with Crippen LogP contribution in [0.25, 0.3) is 0 Å². The lowest BCUT2D eigenvalue weighted by Gasteiger charge is -2.20. The van der Waals surface area contributed by atoms with E-state index in [1.54, 1.807) is 6.20 Å². The summed E-state index contributed by atoms with van der Waals surface area (Å²) in [6.07, 6.45) is 3.30. The number of carbonyl (C=O) groups excluding carboxylic acids is 1. The van der Waals surface area contributed by atoms with E-state index in [9.17, 15) is 4.79 Å². The van der Waals surface area contributed by atoms with Crippen LogP contribution in [-0.4, -0.2) is 24.1 Å². The molecule has 0 saturated carbocycles. The van der Waals surface area contributed by atoms with Crippen molar-refractivity contribution in [3.63, 3.8) is 0 Å². The minimum absolute atomic E-state index is 0.0275. The molecule has 0 spiro atoms. The molecule has 1 amide bonds. The molecule has 3 rings (SSSR count). The molecule has 0 radical (unpaired) electrons. The van der Waals surface area contributed by atoms with Gasteiger partial charge in [-0.2, -0.15) is 0 Å². The first-order valence-electron chi connectivity index (χ1n) is 8.35. The molecule has 2 aromatic rings. The van der Waals surface area contributed by atoms with Gasteiger partial charge in [-0.25, -0.2) is 4.98 Å². The van der Waals surface area contributed by atoms with Crippen LogP contribution in [0.5, 0.6) is 0 Å². The van der Waals surface area contributed by atoms with Crippen LogP contribution >= 0.6 is 0 Å². The van der Waals surface area contributed by atoms with E-state index in [-0.39, 0.29) is 11.8 Å². The first kappa shape index (κ1) is 16.5. The third-order valence-corrected chi connectivity index (χ3v) is 4.19. The molecule has 2 N–H and O–H groups in total. The lowest BCUT2D eigenvalue weighted by molar-refractivity contribution is -0.122. The summed E-state index contributed by atoms with van der Waals surface area (Å²) in [4.78, 5) is 16.5. The zero-order valence-electron chi connectivity index (χ0n) is 13.9. The van der Waals surface area contributed by atoms with Crippen LogP contribution in [0.4, 0.5) is 11.5 Å². The Labute approximate surface area is 142 Å². The number of anilines is 2. The average Bonchev–Trinajstić information content (AvgIpc) is 2.62. The van der Waals surface area contributed by atoms with E-state index in [4.69, 9.17) is 4.74 Å². The van der Waals surface area contributed by atoms with Gasteiger partial charge in [0.1, 0.15) is 5.82 Å². The summed E-state index contributed by atoms with van der Waals surface area (Å²) in [5, 5.41) is 6.23. The normalized spacial score (nSPS) is 15.0. The molecule has 1 aliphatic rings. The fraction of sp³-hybridized carbons (Fsp3) is 0.368. The van der Waals surface area contributed by atoms with E-state index in [2.05, 4.69) is 46.8 Å². The van der Waals surface area contributed by atoms with Crippen molar-refractivity contribution in [2.75, 3.05) is 23.8 Å². The summed E-state index contributed by atoms with van der Waals surface area (Å²) in [6, 6.07) is 12.2. The van der Waals surface area contributed by atoms with Crippen molar-refractivity contribution >= 4 is 17.4 Å². The highest BCUT2D eigenvalue weighted by molar-refractivity contribution is 5.91. The van der Waals surface area contributed by atoms with Crippen LogP contribution in [-0.2, 0) is 16.1 Å². The van der Waals surface area contributed by atoms with E-state index in [1.165, 1.54) is 11.1 Å². The van der Waals surface area contributed by atoms with Crippen LogP contribution in [0.2, 0.25) is 0 Å². The third-order valence-electron chi connectivity index (χ3n) is 4.19. The van der Waals surface area contributed by atoms with Crippen LogP contribution in [0, 0.1) is 12.8 Å². The minimum atomic E-state index is 0.0275. The van der Waals surface area contributed by atoms with Crippen LogP contribution in [0.3, 0.4) is 0 Å². The Bertz CT molecular complexity index is 679. The highest BCUT2D eigenvalue weighted by atomic mass is 16.5. The van der Waals surface area contributed by atoms with Gasteiger partial charge in [0.05, 0.1) is 11.9 Å². The predicted octanol–water partition coefficient (Wildman–Crippen LogP) is 3.37. The monoisotopic (exact) mass is 325 g/mol. The first-order valence-corrected chi connectivity index (χ1v) is 8.35. The molecular weight excluding hydrogens is 302 g/mol. The average molecular weight is 325 g/mol. The van der Waals surface area contributed by atoms with Gasteiger partial charge in [0, 0.05) is 25.7 Å². The minimum Gasteiger partial charge on any atom is -0.381 e. The van der Waals surface area contributed by atoms with Gasteiger partial charge in [0.2, 0.25) is 5.91 Å². The summed E-state index contributed by atoms with van der Waals surface area (Å²) in [6.45, 7) is 4.15. The molecule has 1 aromatic heterocycles. The third kappa shape index (κ3) is 4.55. The van der Waals surface area contributed by atoms with Gasteiger partial charge in [-0.3, -0.25) is 4.79 Å². The van der Waals surface area contributed by atoms with Gasteiger partial charge in [-0.15, -0.1) is 0 Å². The lowest BCUT2D eigenvalue weighted by atomic mass is 9.99. The molecule has 1 fully saturated rings. The van der Waals surface area contributed by atoms with E-state index in [0.29, 0.717) is 19.0 Å².